The molecule has 0 spiro atoms. The largest absolute Gasteiger partial charge is 0.494 e. The third-order valence-electron chi connectivity index (χ3n) is 3.46. The minimum atomic E-state index is -0.287. The highest BCUT2D eigenvalue weighted by molar-refractivity contribution is 5.90. The van der Waals surface area contributed by atoms with E-state index < -0.39 is 0 Å². The van der Waals surface area contributed by atoms with Crippen molar-refractivity contribution in [2.75, 3.05) is 11.9 Å². The van der Waals surface area contributed by atoms with Crippen LogP contribution in [-0.2, 0) is 11.3 Å². The maximum absolute atomic E-state index is 12.1. The van der Waals surface area contributed by atoms with Gasteiger partial charge in [0.15, 0.2) is 0 Å². The molecule has 1 N–H and O–H groups in total. The van der Waals surface area contributed by atoms with Crippen molar-refractivity contribution in [3.8, 4) is 23.2 Å². The van der Waals surface area contributed by atoms with Crippen molar-refractivity contribution >= 4 is 11.6 Å². The quantitative estimate of drug-likeness (QED) is 0.732. The molecule has 8 heteroatoms. The first-order valence-corrected chi connectivity index (χ1v) is 7.99. The second-order valence-corrected chi connectivity index (χ2v) is 5.34. The zero-order valence-corrected chi connectivity index (χ0v) is 14.1. The number of anilines is 1. The Morgan fingerprint density at radius 2 is 1.92 bits per heavy atom. The van der Waals surface area contributed by atoms with Crippen molar-refractivity contribution < 1.29 is 9.53 Å². The van der Waals surface area contributed by atoms with Crippen LogP contribution in [0.25, 0.3) is 11.4 Å². The molecule has 1 amide bonds. The van der Waals surface area contributed by atoms with Crippen LogP contribution < -0.4 is 10.1 Å². The number of rotatable bonds is 6. The van der Waals surface area contributed by atoms with Crippen LogP contribution in [0.3, 0.4) is 0 Å². The Bertz CT molecular complexity index is 926. The van der Waals surface area contributed by atoms with Gasteiger partial charge in [-0.2, -0.15) is 10.1 Å². The normalized spacial score (nSPS) is 10.2. The maximum Gasteiger partial charge on any atom is 0.248 e. The molecule has 0 radical (unpaired) electrons. The number of nitrogens with one attached hydrogen (secondary N) is 1. The zero-order valence-electron chi connectivity index (χ0n) is 14.1. The van der Waals surface area contributed by atoms with Crippen molar-refractivity contribution in [1.29, 1.82) is 5.26 Å². The van der Waals surface area contributed by atoms with Gasteiger partial charge >= 0.3 is 0 Å². The molecule has 0 saturated heterocycles. The Labute approximate surface area is 150 Å². The summed E-state index contributed by atoms with van der Waals surface area (Å²) in [7, 11) is 0. The average molecular weight is 348 g/mol. The van der Waals surface area contributed by atoms with E-state index in [1.807, 2.05) is 37.3 Å². The van der Waals surface area contributed by atoms with E-state index in [1.54, 1.807) is 24.3 Å². The lowest BCUT2D eigenvalue weighted by molar-refractivity contribution is -0.117. The number of nitriles is 1. The summed E-state index contributed by atoms with van der Waals surface area (Å²) < 4.78 is 5.39. The van der Waals surface area contributed by atoms with E-state index in [2.05, 4.69) is 20.7 Å². The molecule has 0 aliphatic carbocycles. The van der Waals surface area contributed by atoms with Crippen molar-refractivity contribution in [1.82, 2.24) is 20.2 Å². The lowest BCUT2D eigenvalue weighted by Crippen LogP contribution is -2.20. The van der Waals surface area contributed by atoms with Crippen LogP contribution in [0.1, 0.15) is 12.5 Å². The van der Waals surface area contributed by atoms with Crippen LogP contribution in [0.5, 0.6) is 5.75 Å². The van der Waals surface area contributed by atoms with Crippen molar-refractivity contribution in [2.24, 2.45) is 0 Å². The molecule has 1 heterocycles. The molecule has 8 nitrogen and oxygen atoms in total. The van der Waals surface area contributed by atoms with Crippen LogP contribution in [0.2, 0.25) is 0 Å². The molecular weight excluding hydrogens is 332 g/mol. The number of nitrogens with zero attached hydrogens (tertiary/aromatic N) is 5. The van der Waals surface area contributed by atoms with Crippen molar-refractivity contribution in [2.45, 2.75) is 13.5 Å². The third kappa shape index (κ3) is 4.21. The van der Waals surface area contributed by atoms with Crippen LogP contribution in [0.4, 0.5) is 5.69 Å². The standard InChI is InChI=1S/C18H16N6O2/c1-2-26-16-9-5-14(6-10-16)18-21-23-24(22-18)12-17(25)20-15-7-3-13(11-19)4-8-15/h3-10H,2,12H2,1H3,(H,20,25). The summed E-state index contributed by atoms with van der Waals surface area (Å²) >= 11 is 0. The summed E-state index contributed by atoms with van der Waals surface area (Å²) in [5.41, 5.74) is 1.91. The van der Waals surface area contributed by atoms with Crippen LogP contribution in [0.15, 0.2) is 48.5 Å². The number of carbonyl (C=O) groups is 1. The van der Waals surface area contributed by atoms with Gasteiger partial charge in [0.2, 0.25) is 11.7 Å². The van der Waals surface area contributed by atoms with Gasteiger partial charge in [0.25, 0.3) is 0 Å². The molecular formula is C18H16N6O2. The van der Waals surface area contributed by atoms with Crippen LogP contribution in [0, 0.1) is 11.3 Å². The second kappa shape index (κ2) is 7.90. The third-order valence-corrected chi connectivity index (χ3v) is 3.46. The molecule has 2 aromatic carbocycles. The van der Waals surface area contributed by atoms with Gasteiger partial charge in [-0.05, 0) is 60.7 Å². The molecule has 0 atom stereocenters. The summed E-state index contributed by atoms with van der Waals surface area (Å²) in [6.07, 6.45) is 0. The monoisotopic (exact) mass is 348 g/mol. The lowest BCUT2D eigenvalue weighted by atomic mass is 10.2. The molecule has 26 heavy (non-hydrogen) atoms. The van der Waals surface area contributed by atoms with E-state index in [1.165, 1.54) is 4.80 Å². The number of benzene rings is 2. The Kier molecular flexibility index (Phi) is 5.19. The Morgan fingerprint density at radius 3 is 2.58 bits per heavy atom. The highest BCUT2D eigenvalue weighted by atomic mass is 16.5. The Balaban J connectivity index is 1.62. The number of amides is 1. The number of aromatic nitrogens is 4. The summed E-state index contributed by atoms with van der Waals surface area (Å²) in [4.78, 5) is 13.3. The van der Waals surface area contributed by atoms with Crippen molar-refractivity contribution in [3.63, 3.8) is 0 Å². The fraction of sp³-hybridized carbons (Fsp3) is 0.167. The first kappa shape index (κ1) is 17.1. The van der Waals surface area contributed by atoms with E-state index in [0.29, 0.717) is 23.7 Å². The average Bonchev–Trinajstić information content (AvgIpc) is 3.11. The predicted molar refractivity (Wildman–Crippen MR) is 94.2 cm³/mol. The van der Waals surface area contributed by atoms with Gasteiger partial charge in [0.1, 0.15) is 12.3 Å². The highest BCUT2D eigenvalue weighted by Crippen LogP contribution is 2.18. The number of hydrogen-bond donors (Lipinski definition) is 1. The summed E-state index contributed by atoms with van der Waals surface area (Å²) in [5, 5.41) is 23.6. The molecule has 0 aliphatic heterocycles. The van der Waals surface area contributed by atoms with Crippen LogP contribution in [-0.4, -0.2) is 32.7 Å². The number of ether oxygens (including phenoxy) is 1. The van der Waals surface area contributed by atoms with Gasteiger partial charge in [-0.3, -0.25) is 4.79 Å². The van der Waals surface area contributed by atoms with Gasteiger partial charge in [0, 0.05) is 11.3 Å². The maximum atomic E-state index is 12.1. The van der Waals surface area contributed by atoms with Gasteiger partial charge in [0.05, 0.1) is 18.2 Å². The molecule has 0 saturated carbocycles. The van der Waals surface area contributed by atoms with E-state index in [-0.39, 0.29) is 12.5 Å². The first-order chi connectivity index (χ1) is 12.7. The minimum Gasteiger partial charge on any atom is -0.494 e. The summed E-state index contributed by atoms with van der Waals surface area (Å²) in [6.45, 7) is 2.45. The number of tetrazole rings is 1. The van der Waals surface area contributed by atoms with Gasteiger partial charge in [-0.15, -0.1) is 10.2 Å². The Hall–Kier alpha value is -3.73. The minimum absolute atomic E-state index is 0.0654. The molecule has 0 unspecified atom stereocenters. The smallest absolute Gasteiger partial charge is 0.248 e. The summed E-state index contributed by atoms with van der Waals surface area (Å²) in [5.74, 6) is 0.912. The lowest BCUT2D eigenvalue weighted by Gasteiger charge is -2.04. The van der Waals surface area contributed by atoms with E-state index >= 15 is 0 Å². The molecule has 0 fully saturated rings. The molecule has 3 aromatic rings. The summed E-state index contributed by atoms with van der Waals surface area (Å²) in [6, 6.07) is 15.9. The topological polar surface area (TPSA) is 106 Å². The van der Waals surface area contributed by atoms with E-state index in [0.717, 1.165) is 11.3 Å². The predicted octanol–water partition coefficient (Wildman–Crippen LogP) is 2.25. The van der Waals surface area contributed by atoms with Gasteiger partial charge in [-0.25, -0.2) is 0 Å². The molecule has 1 aromatic heterocycles. The zero-order chi connectivity index (χ0) is 18.4. The first-order valence-electron chi connectivity index (χ1n) is 7.99. The highest BCUT2D eigenvalue weighted by Gasteiger charge is 2.10. The number of hydrogen-bond acceptors (Lipinski definition) is 6. The fourth-order valence-corrected chi connectivity index (χ4v) is 2.25. The van der Waals surface area contributed by atoms with Crippen LogP contribution >= 0.6 is 0 Å². The van der Waals surface area contributed by atoms with E-state index in [9.17, 15) is 4.79 Å². The SMILES string of the molecule is CCOc1ccc(-c2nnn(CC(=O)Nc3ccc(C#N)cc3)n2)cc1. The Morgan fingerprint density at radius 1 is 1.19 bits per heavy atom. The van der Waals surface area contributed by atoms with E-state index in [4.69, 9.17) is 10.00 Å². The van der Waals surface area contributed by atoms with Gasteiger partial charge in [-0.1, -0.05) is 0 Å². The molecule has 0 aliphatic rings. The fourth-order valence-electron chi connectivity index (χ4n) is 2.25. The molecule has 130 valence electrons. The molecule has 3 rings (SSSR count). The number of carbonyl (C=O) groups excluding carboxylic acids is 1. The van der Waals surface area contributed by atoms with Crippen molar-refractivity contribution in [3.05, 3.63) is 54.1 Å². The second-order valence-electron chi connectivity index (χ2n) is 5.34. The molecule has 0 bridgehead atoms. The van der Waals surface area contributed by atoms with Gasteiger partial charge < -0.3 is 10.1 Å².